The average molecular weight is 201 g/mol. The van der Waals surface area contributed by atoms with Crippen LogP contribution in [0, 0.1) is 5.41 Å². The largest absolute Gasteiger partial charge is 0.330 e. The van der Waals surface area contributed by atoms with Gasteiger partial charge in [0.1, 0.15) is 5.83 Å². The minimum absolute atomic E-state index is 0.149. The molecule has 0 saturated heterocycles. The monoisotopic (exact) mass is 201 g/mol. The summed E-state index contributed by atoms with van der Waals surface area (Å²) in [4.78, 5) is 0. The van der Waals surface area contributed by atoms with E-state index in [9.17, 15) is 4.39 Å². The van der Waals surface area contributed by atoms with E-state index in [1.54, 1.807) is 6.08 Å². The van der Waals surface area contributed by atoms with Gasteiger partial charge in [0.05, 0.1) is 0 Å². The van der Waals surface area contributed by atoms with E-state index in [1.165, 1.54) is 6.92 Å². The summed E-state index contributed by atoms with van der Waals surface area (Å²) >= 11 is 0. The molecule has 0 heterocycles. The predicted octanol–water partition coefficient (Wildman–Crippen LogP) is 3.82. The number of allylic oxidation sites excluding steroid dienone is 3. The van der Waals surface area contributed by atoms with Crippen LogP contribution in [0.25, 0.3) is 0 Å². The van der Waals surface area contributed by atoms with Crippen molar-refractivity contribution in [2.45, 2.75) is 41.5 Å². The van der Waals surface area contributed by atoms with Crippen LogP contribution >= 0.6 is 0 Å². The summed E-state index contributed by atoms with van der Waals surface area (Å²) in [5.41, 5.74) is 5.96. The van der Waals surface area contributed by atoms with Crippen LogP contribution in [0.2, 0.25) is 0 Å². The first kappa shape index (κ1) is 15.8. The fourth-order valence-electron chi connectivity index (χ4n) is 1.08. The Morgan fingerprint density at radius 1 is 1.36 bits per heavy atom. The Morgan fingerprint density at radius 2 is 1.79 bits per heavy atom. The fraction of sp³-hybridized carbons (Fsp3) is 0.667. The van der Waals surface area contributed by atoms with Crippen LogP contribution in [0.15, 0.2) is 23.6 Å². The quantitative estimate of drug-likeness (QED) is 0.690. The highest BCUT2D eigenvalue weighted by Gasteiger charge is 2.21. The maximum absolute atomic E-state index is 13.0. The zero-order valence-corrected chi connectivity index (χ0v) is 10.3. The number of hydrogen-bond donors (Lipinski definition) is 1. The molecule has 0 spiro atoms. The van der Waals surface area contributed by atoms with Crippen LogP contribution in [0.3, 0.4) is 0 Å². The second-order valence-electron chi connectivity index (χ2n) is 3.54. The molecule has 2 heteroatoms. The normalized spacial score (nSPS) is 13.4. The lowest BCUT2D eigenvalue weighted by Crippen LogP contribution is -2.25. The van der Waals surface area contributed by atoms with E-state index >= 15 is 0 Å². The van der Waals surface area contributed by atoms with Gasteiger partial charge in [0.15, 0.2) is 0 Å². The summed E-state index contributed by atoms with van der Waals surface area (Å²) in [5.74, 6) is -0.149. The van der Waals surface area contributed by atoms with Gasteiger partial charge >= 0.3 is 0 Å². The molecule has 0 unspecified atom stereocenters. The molecule has 0 fully saturated rings. The van der Waals surface area contributed by atoms with Gasteiger partial charge in [-0.2, -0.15) is 0 Å². The molecule has 0 amide bonds. The number of nitrogens with two attached hydrogens (primary N) is 1. The Hall–Kier alpha value is -0.630. The third-order valence-corrected chi connectivity index (χ3v) is 1.94. The van der Waals surface area contributed by atoms with E-state index in [-0.39, 0.29) is 11.2 Å². The molecule has 0 aromatic rings. The lowest BCUT2D eigenvalue weighted by Gasteiger charge is -2.24. The van der Waals surface area contributed by atoms with Crippen LogP contribution in [-0.2, 0) is 0 Å². The number of rotatable bonds is 3. The lowest BCUT2D eigenvalue weighted by atomic mass is 9.83. The molecule has 0 aliphatic rings. The lowest BCUT2D eigenvalue weighted by molar-refractivity contribution is 0.448. The van der Waals surface area contributed by atoms with Gasteiger partial charge in [0.25, 0.3) is 0 Å². The molecule has 0 saturated carbocycles. The first-order chi connectivity index (χ1) is 6.45. The zero-order chi connectivity index (χ0) is 11.8. The molecule has 0 aromatic heterocycles. The molecule has 0 aliphatic heterocycles. The summed E-state index contributed by atoms with van der Waals surface area (Å²) in [6, 6.07) is 0. The molecule has 0 radical (unpaired) electrons. The maximum atomic E-state index is 13.0. The minimum atomic E-state index is -0.272. The van der Waals surface area contributed by atoms with Crippen molar-refractivity contribution in [1.29, 1.82) is 0 Å². The summed E-state index contributed by atoms with van der Waals surface area (Å²) in [6.07, 6.45) is 3.61. The Morgan fingerprint density at radius 3 is 2.00 bits per heavy atom. The second kappa shape index (κ2) is 7.74. The van der Waals surface area contributed by atoms with E-state index in [2.05, 4.69) is 0 Å². The molecular weight excluding hydrogens is 177 g/mol. The molecule has 0 rings (SSSR count). The van der Waals surface area contributed by atoms with Gasteiger partial charge in [-0.05, 0) is 19.4 Å². The minimum Gasteiger partial charge on any atom is -0.330 e. The highest BCUT2D eigenvalue weighted by molar-refractivity contribution is 5.27. The third kappa shape index (κ3) is 5.18. The van der Waals surface area contributed by atoms with Crippen molar-refractivity contribution in [3.63, 3.8) is 0 Å². The van der Waals surface area contributed by atoms with E-state index in [4.69, 9.17) is 5.73 Å². The van der Waals surface area contributed by atoms with Crippen LogP contribution in [-0.4, -0.2) is 6.54 Å². The smallest absolute Gasteiger partial charge is 0.101 e. The highest BCUT2D eigenvalue weighted by Crippen LogP contribution is 2.29. The van der Waals surface area contributed by atoms with Crippen molar-refractivity contribution < 1.29 is 4.39 Å². The Bertz CT molecular complexity index is 198. The van der Waals surface area contributed by atoms with Crippen molar-refractivity contribution in [2.75, 3.05) is 6.54 Å². The predicted molar refractivity (Wildman–Crippen MR) is 62.8 cm³/mol. The van der Waals surface area contributed by atoms with Crippen molar-refractivity contribution in [2.24, 2.45) is 11.1 Å². The topological polar surface area (TPSA) is 26.0 Å². The van der Waals surface area contributed by atoms with E-state index in [0.717, 1.165) is 0 Å². The van der Waals surface area contributed by atoms with Crippen molar-refractivity contribution in [3.8, 4) is 0 Å². The molecule has 0 aromatic carbocycles. The Labute approximate surface area is 87.9 Å². The van der Waals surface area contributed by atoms with Crippen LogP contribution in [0.1, 0.15) is 41.5 Å². The van der Waals surface area contributed by atoms with Gasteiger partial charge in [-0.1, -0.05) is 39.8 Å². The van der Waals surface area contributed by atoms with Gasteiger partial charge in [-0.3, -0.25) is 0 Å². The molecule has 0 aliphatic carbocycles. The fourth-order valence-corrected chi connectivity index (χ4v) is 1.08. The van der Waals surface area contributed by atoms with E-state index in [1.807, 2.05) is 40.7 Å². The molecule has 84 valence electrons. The first-order valence-electron chi connectivity index (χ1n) is 5.15. The first-order valence-corrected chi connectivity index (χ1v) is 5.15. The van der Waals surface area contributed by atoms with Gasteiger partial charge < -0.3 is 5.73 Å². The van der Waals surface area contributed by atoms with Gasteiger partial charge in [0, 0.05) is 12.0 Å². The van der Waals surface area contributed by atoms with E-state index in [0.29, 0.717) is 12.1 Å². The second-order valence-corrected chi connectivity index (χ2v) is 3.54. The summed E-state index contributed by atoms with van der Waals surface area (Å²) in [6.45, 7) is 11.7. The molecule has 0 atom stereocenters. The molecule has 14 heavy (non-hydrogen) atoms. The molecule has 2 N–H and O–H groups in total. The Kier molecular flexibility index (Phi) is 8.75. The summed E-state index contributed by atoms with van der Waals surface area (Å²) < 4.78 is 13.0. The number of hydrogen-bond acceptors (Lipinski definition) is 1. The highest BCUT2D eigenvalue weighted by atomic mass is 19.1. The molecule has 0 bridgehead atoms. The zero-order valence-electron chi connectivity index (χ0n) is 10.3. The van der Waals surface area contributed by atoms with Crippen LogP contribution in [0.5, 0.6) is 0 Å². The van der Waals surface area contributed by atoms with Gasteiger partial charge in [-0.25, -0.2) is 4.39 Å². The van der Waals surface area contributed by atoms with Crippen molar-refractivity contribution >= 4 is 0 Å². The third-order valence-electron chi connectivity index (χ3n) is 1.94. The maximum Gasteiger partial charge on any atom is 0.101 e. The van der Waals surface area contributed by atoms with Crippen LogP contribution < -0.4 is 5.73 Å². The summed E-state index contributed by atoms with van der Waals surface area (Å²) in [7, 11) is 0. The van der Waals surface area contributed by atoms with Crippen molar-refractivity contribution in [3.05, 3.63) is 23.6 Å². The van der Waals surface area contributed by atoms with Crippen LogP contribution in [0.4, 0.5) is 4.39 Å². The van der Waals surface area contributed by atoms with Crippen molar-refractivity contribution in [1.82, 2.24) is 0 Å². The number of halogens is 1. The SMILES string of the molecule is C/C=C\C(=C(/C)F)C(C)(C)CN.CC. The molecule has 1 nitrogen and oxygen atoms in total. The molecular formula is C12H24FN. The Balaban J connectivity index is 0. The summed E-state index contributed by atoms with van der Waals surface area (Å²) in [5, 5.41) is 0. The standard InChI is InChI=1S/C10H18FN.C2H6/c1-5-6-9(8(2)11)10(3,4)7-12;1-2/h5-6H,7,12H2,1-4H3;1-2H3/b6-5-,9-8-;. The van der Waals surface area contributed by atoms with E-state index < -0.39 is 0 Å². The average Bonchev–Trinajstić information content (AvgIpc) is 2.16. The van der Waals surface area contributed by atoms with Gasteiger partial charge in [-0.15, -0.1) is 0 Å². The van der Waals surface area contributed by atoms with Gasteiger partial charge in [0.2, 0.25) is 0 Å².